The van der Waals surface area contributed by atoms with E-state index in [1.807, 2.05) is 30.3 Å². The van der Waals surface area contributed by atoms with E-state index in [9.17, 15) is 9.90 Å². The first-order chi connectivity index (χ1) is 12.7. The van der Waals surface area contributed by atoms with Gasteiger partial charge in [-0.3, -0.25) is 4.90 Å². The van der Waals surface area contributed by atoms with Crippen LogP contribution in [0.15, 0.2) is 54.6 Å². The second-order valence-corrected chi connectivity index (χ2v) is 6.73. The van der Waals surface area contributed by atoms with Gasteiger partial charge in [-0.25, -0.2) is 4.79 Å². The third kappa shape index (κ3) is 4.91. The lowest BCUT2D eigenvalue weighted by Gasteiger charge is -2.25. The van der Waals surface area contributed by atoms with Gasteiger partial charge in [0.2, 0.25) is 0 Å². The maximum absolute atomic E-state index is 11.5. The van der Waals surface area contributed by atoms with Crippen molar-refractivity contribution in [1.82, 2.24) is 10.2 Å². The highest BCUT2D eigenvalue weighted by Gasteiger charge is 2.23. The number of nitrogens with one attached hydrogen (secondary N) is 1. The summed E-state index contributed by atoms with van der Waals surface area (Å²) < 4.78 is 4.73. The summed E-state index contributed by atoms with van der Waals surface area (Å²) in [7, 11) is 1.39. The number of methoxy groups -OCH3 is 1. The Kier molecular flexibility index (Phi) is 6.39. The van der Waals surface area contributed by atoms with Crippen molar-refractivity contribution in [2.75, 3.05) is 26.7 Å². The number of hydrogen-bond acceptors (Lipinski definition) is 5. The Labute approximate surface area is 154 Å². The lowest BCUT2D eigenvalue weighted by molar-refractivity contribution is 0.0600. The number of carbonyl (C=O) groups excluding carboxylic acids is 1. The number of aliphatic hydroxyl groups is 1. The van der Waals surface area contributed by atoms with E-state index in [-0.39, 0.29) is 18.1 Å². The maximum atomic E-state index is 11.5. The van der Waals surface area contributed by atoms with E-state index >= 15 is 0 Å². The average Bonchev–Trinajstić information content (AvgIpc) is 3.10. The number of ether oxygens (including phenoxy) is 1. The van der Waals surface area contributed by atoms with Gasteiger partial charge in [0, 0.05) is 32.2 Å². The standard InChI is InChI=1S/C21H26N2O3/c1-26-21(25)18-9-7-16(8-10-18)13-22-20(17-5-3-2-4-6-17)15-23-12-11-19(24)14-23/h2-10,19-20,22,24H,11-15H2,1H3/t19-,20?/m0/s1. The molecule has 3 rings (SSSR count). The summed E-state index contributed by atoms with van der Waals surface area (Å²) in [5, 5.41) is 13.4. The molecule has 2 atom stereocenters. The molecular formula is C21H26N2O3. The van der Waals surface area contributed by atoms with E-state index < -0.39 is 0 Å². The number of aliphatic hydroxyl groups excluding tert-OH is 1. The predicted octanol–water partition coefficient (Wildman–Crippen LogP) is 2.37. The molecule has 5 heteroatoms. The van der Waals surface area contributed by atoms with Gasteiger partial charge in [-0.15, -0.1) is 0 Å². The number of carbonyl (C=O) groups is 1. The molecule has 1 saturated heterocycles. The van der Waals surface area contributed by atoms with Gasteiger partial charge in [-0.1, -0.05) is 42.5 Å². The van der Waals surface area contributed by atoms with E-state index in [1.165, 1.54) is 12.7 Å². The molecule has 2 N–H and O–H groups in total. The Morgan fingerprint density at radius 3 is 2.58 bits per heavy atom. The van der Waals surface area contributed by atoms with Crippen molar-refractivity contribution in [2.45, 2.75) is 25.1 Å². The summed E-state index contributed by atoms with van der Waals surface area (Å²) in [6.07, 6.45) is 0.633. The number of likely N-dealkylation sites (tertiary alicyclic amines) is 1. The smallest absolute Gasteiger partial charge is 0.337 e. The van der Waals surface area contributed by atoms with Crippen LogP contribution in [0.1, 0.15) is 33.9 Å². The minimum atomic E-state index is -0.320. The van der Waals surface area contributed by atoms with E-state index in [1.54, 1.807) is 12.1 Å². The van der Waals surface area contributed by atoms with Gasteiger partial charge in [0.25, 0.3) is 0 Å². The van der Waals surface area contributed by atoms with Gasteiger partial charge < -0.3 is 15.2 Å². The highest BCUT2D eigenvalue weighted by molar-refractivity contribution is 5.89. The van der Waals surface area contributed by atoms with Crippen molar-refractivity contribution >= 4 is 5.97 Å². The zero-order valence-corrected chi connectivity index (χ0v) is 15.1. The quantitative estimate of drug-likeness (QED) is 0.748. The predicted molar refractivity (Wildman–Crippen MR) is 101 cm³/mol. The number of rotatable bonds is 7. The lowest BCUT2D eigenvalue weighted by atomic mass is 10.1. The monoisotopic (exact) mass is 354 g/mol. The molecule has 0 aliphatic carbocycles. The Morgan fingerprint density at radius 1 is 1.23 bits per heavy atom. The SMILES string of the molecule is COC(=O)c1ccc(CNC(CN2CC[C@H](O)C2)c2ccccc2)cc1. The fraction of sp³-hybridized carbons (Fsp3) is 0.381. The maximum Gasteiger partial charge on any atom is 0.337 e. The second-order valence-electron chi connectivity index (χ2n) is 6.73. The fourth-order valence-corrected chi connectivity index (χ4v) is 3.33. The van der Waals surface area contributed by atoms with Crippen molar-refractivity contribution < 1.29 is 14.6 Å². The fourth-order valence-electron chi connectivity index (χ4n) is 3.33. The summed E-state index contributed by atoms with van der Waals surface area (Å²) in [6, 6.07) is 18.0. The van der Waals surface area contributed by atoms with Crippen LogP contribution >= 0.6 is 0 Å². The van der Waals surface area contributed by atoms with Crippen molar-refractivity contribution in [1.29, 1.82) is 0 Å². The first-order valence-electron chi connectivity index (χ1n) is 9.01. The number of esters is 1. The second kappa shape index (κ2) is 8.94. The van der Waals surface area contributed by atoms with Gasteiger partial charge in [-0.2, -0.15) is 0 Å². The topological polar surface area (TPSA) is 61.8 Å². The lowest BCUT2D eigenvalue weighted by Crippen LogP contribution is -2.34. The van der Waals surface area contributed by atoms with E-state index in [0.717, 1.165) is 31.6 Å². The Morgan fingerprint density at radius 2 is 1.96 bits per heavy atom. The van der Waals surface area contributed by atoms with Gasteiger partial charge in [0.15, 0.2) is 0 Å². The van der Waals surface area contributed by atoms with Crippen LogP contribution in [-0.2, 0) is 11.3 Å². The van der Waals surface area contributed by atoms with Gasteiger partial charge in [-0.05, 0) is 29.7 Å². The average molecular weight is 354 g/mol. The van der Waals surface area contributed by atoms with Crippen molar-refractivity contribution in [2.24, 2.45) is 0 Å². The van der Waals surface area contributed by atoms with Crippen LogP contribution in [0.5, 0.6) is 0 Å². The van der Waals surface area contributed by atoms with Gasteiger partial charge >= 0.3 is 5.97 Å². The Hall–Kier alpha value is -2.21. The van der Waals surface area contributed by atoms with Crippen LogP contribution < -0.4 is 5.32 Å². The third-order valence-electron chi connectivity index (χ3n) is 4.82. The molecule has 0 bridgehead atoms. The van der Waals surface area contributed by atoms with E-state index in [4.69, 9.17) is 4.74 Å². The number of β-amino-alcohol motifs (C(OH)–C–C–N with tert-alkyl or cyclic N) is 1. The molecule has 0 radical (unpaired) electrons. The molecular weight excluding hydrogens is 328 g/mol. The summed E-state index contributed by atoms with van der Waals surface area (Å²) >= 11 is 0. The number of benzene rings is 2. The molecule has 1 fully saturated rings. The number of nitrogens with zero attached hydrogens (tertiary/aromatic N) is 1. The Bertz CT molecular complexity index is 703. The molecule has 0 aromatic heterocycles. The largest absolute Gasteiger partial charge is 0.465 e. The van der Waals surface area contributed by atoms with E-state index in [0.29, 0.717) is 12.1 Å². The van der Waals surface area contributed by atoms with Crippen LogP contribution in [0.2, 0.25) is 0 Å². The van der Waals surface area contributed by atoms with Crippen LogP contribution in [0.4, 0.5) is 0 Å². The van der Waals surface area contributed by atoms with Gasteiger partial charge in [0.1, 0.15) is 0 Å². The van der Waals surface area contributed by atoms with Crippen molar-refractivity contribution in [3.8, 4) is 0 Å². The van der Waals surface area contributed by atoms with Crippen LogP contribution in [0, 0.1) is 0 Å². The normalized spacial score (nSPS) is 18.6. The summed E-state index contributed by atoms with van der Waals surface area (Å²) in [4.78, 5) is 13.8. The highest BCUT2D eigenvalue weighted by Crippen LogP contribution is 2.19. The third-order valence-corrected chi connectivity index (χ3v) is 4.82. The molecule has 1 heterocycles. The minimum absolute atomic E-state index is 0.182. The molecule has 1 aliphatic heterocycles. The van der Waals surface area contributed by atoms with Crippen molar-refractivity contribution in [3.63, 3.8) is 0 Å². The van der Waals surface area contributed by atoms with E-state index in [2.05, 4.69) is 22.3 Å². The first kappa shape index (κ1) is 18.6. The molecule has 5 nitrogen and oxygen atoms in total. The molecule has 2 aromatic rings. The molecule has 26 heavy (non-hydrogen) atoms. The minimum Gasteiger partial charge on any atom is -0.465 e. The molecule has 1 aliphatic rings. The van der Waals surface area contributed by atoms with Crippen LogP contribution in [0.3, 0.4) is 0 Å². The van der Waals surface area contributed by atoms with Gasteiger partial charge in [0.05, 0.1) is 18.8 Å². The Balaban J connectivity index is 1.64. The first-order valence-corrected chi connectivity index (χ1v) is 9.01. The van der Waals surface area contributed by atoms with Crippen molar-refractivity contribution in [3.05, 3.63) is 71.3 Å². The zero-order chi connectivity index (χ0) is 18.4. The van der Waals surface area contributed by atoms with Crippen LogP contribution in [-0.4, -0.2) is 48.8 Å². The summed E-state index contributed by atoms with van der Waals surface area (Å²) in [5.41, 5.74) is 2.90. The molecule has 1 unspecified atom stereocenters. The molecule has 0 amide bonds. The summed E-state index contributed by atoms with van der Waals surface area (Å²) in [5.74, 6) is -0.320. The molecule has 2 aromatic carbocycles. The molecule has 138 valence electrons. The molecule has 0 saturated carbocycles. The van der Waals surface area contributed by atoms with Crippen LogP contribution in [0.25, 0.3) is 0 Å². The number of hydrogen-bond donors (Lipinski definition) is 2. The summed E-state index contributed by atoms with van der Waals surface area (Å²) in [6.45, 7) is 3.23. The molecule has 0 spiro atoms. The zero-order valence-electron chi connectivity index (χ0n) is 15.1. The highest BCUT2D eigenvalue weighted by atomic mass is 16.5.